The zero-order valence-electron chi connectivity index (χ0n) is 10.5. The number of fused-ring (bicyclic) bond motifs is 1. The summed E-state index contributed by atoms with van der Waals surface area (Å²) in [4.78, 5) is 4.48. The predicted octanol–water partition coefficient (Wildman–Crippen LogP) is 2.61. The van der Waals surface area contributed by atoms with E-state index in [0.717, 1.165) is 31.7 Å². The summed E-state index contributed by atoms with van der Waals surface area (Å²) < 4.78 is 5.48. The van der Waals surface area contributed by atoms with Crippen LogP contribution in [0.2, 0.25) is 0 Å². The summed E-state index contributed by atoms with van der Waals surface area (Å²) in [5, 5.41) is 4.69. The highest BCUT2D eigenvalue weighted by Gasteiger charge is 2.14. The third-order valence-corrected chi connectivity index (χ3v) is 3.18. The Kier molecular flexibility index (Phi) is 6.52. The molecule has 1 unspecified atom stereocenters. The molecule has 2 aromatic rings. The molecule has 1 N–H and O–H groups in total. The van der Waals surface area contributed by atoms with Gasteiger partial charge in [-0.2, -0.15) is 0 Å². The summed E-state index contributed by atoms with van der Waals surface area (Å²) in [6, 6.07) is 10.9. The van der Waals surface area contributed by atoms with Gasteiger partial charge in [0.15, 0.2) is 0 Å². The molecule has 1 aromatic heterocycles. The minimum absolute atomic E-state index is 0. The Morgan fingerprint density at radius 3 is 2.84 bits per heavy atom. The third kappa shape index (κ3) is 3.80. The Morgan fingerprint density at radius 2 is 2.05 bits per heavy atom. The molecule has 0 spiro atoms. The maximum Gasteiger partial charge on any atom is 0.0734 e. The van der Waals surface area contributed by atoms with Gasteiger partial charge in [0.1, 0.15) is 0 Å². The molecule has 1 atom stereocenters. The first kappa shape index (κ1) is 16.2. The SMILES string of the molecule is Cl.Cl.c1cnc2c(CC3COCCN3)cccc2c1. The number of para-hydroxylation sites is 1. The molecule has 19 heavy (non-hydrogen) atoms. The highest BCUT2D eigenvalue weighted by atomic mass is 35.5. The highest BCUT2D eigenvalue weighted by molar-refractivity contribution is 5.85. The van der Waals surface area contributed by atoms with E-state index in [4.69, 9.17) is 4.74 Å². The first-order valence-electron chi connectivity index (χ1n) is 6.07. The lowest BCUT2D eigenvalue weighted by Crippen LogP contribution is -2.42. The second kappa shape index (κ2) is 7.65. The Bertz CT molecular complexity index is 510. The fraction of sp³-hybridized carbons (Fsp3) is 0.357. The zero-order chi connectivity index (χ0) is 11.5. The molecule has 1 fully saturated rings. The molecule has 0 amide bonds. The van der Waals surface area contributed by atoms with Crippen LogP contribution in [0.4, 0.5) is 0 Å². The molecule has 1 aromatic carbocycles. The Morgan fingerprint density at radius 1 is 1.21 bits per heavy atom. The fourth-order valence-corrected chi connectivity index (χ4v) is 2.35. The first-order chi connectivity index (χ1) is 8.43. The minimum Gasteiger partial charge on any atom is -0.379 e. The van der Waals surface area contributed by atoms with E-state index in [1.54, 1.807) is 0 Å². The summed E-state index contributed by atoms with van der Waals surface area (Å²) in [6.45, 7) is 2.57. The highest BCUT2D eigenvalue weighted by Crippen LogP contribution is 2.17. The van der Waals surface area contributed by atoms with Crippen molar-refractivity contribution < 1.29 is 4.74 Å². The number of morpholine rings is 1. The number of nitrogens with one attached hydrogen (secondary N) is 1. The van der Waals surface area contributed by atoms with Crippen LogP contribution in [-0.2, 0) is 11.2 Å². The van der Waals surface area contributed by atoms with Crippen molar-refractivity contribution in [2.75, 3.05) is 19.8 Å². The minimum atomic E-state index is 0. The number of rotatable bonds is 2. The van der Waals surface area contributed by atoms with Crippen molar-refractivity contribution >= 4 is 35.7 Å². The van der Waals surface area contributed by atoms with E-state index in [9.17, 15) is 0 Å². The maximum absolute atomic E-state index is 5.48. The van der Waals surface area contributed by atoms with Gasteiger partial charge >= 0.3 is 0 Å². The normalized spacial score (nSPS) is 18.4. The number of hydrogen-bond donors (Lipinski definition) is 1. The summed E-state index contributed by atoms with van der Waals surface area (Å²) in [5.74, 6) is 0. The largest absolute Gasteiger partial charge is 0.379 e. The number of halogens is 2. The van der Waals surface area contributed by atoms with Crippen molar-refractivity contribution in [2.24, 2.45) is 0 Å². The van der Waals surface area contributed by atoms with Crippen LogP contribution in [0, 0.1) is 0 Å². The van der Waals surface area contributed by atoms with Crippen LogP contribution in [0.25, 0.3) is 10.9 Å². The van der Waals surface area contributed by atoms with E-state index in [2.05, 4.69) is 34.6 Å². The lowest BCUT2D eigenvalue weighted by Gasteiger charge is -2.24. The number of aromatic nitrogens is 1. The average molecular weight is 301 g/mol. The van der Waals surface area contributed by atoms with Gasteiger partial charge in [0, 0.05) is 24.2 Å². The molecule has 1 aliphatic heterocycles. The molecule has 104 valence electrons. The standard InChI is InChI=1S/C14H16N2O.2ClH/c1-3-11-5-2-6-16-14(11)12(4-1)9-13-10-17-8-7-15-13;;/h1-6,13,15H,7-10H2;2*1H. The van der Waals surface area contributed by atoms with Crippen LogP contribution < -0.4 is 5.32 Å². The number of benzene rings is 1. The third-order valence-electron chi connectivity index (χ3n) is 3.18. The van der Waals surface area contributed by atoms with Gasteiger partial charge in [-0.1, -0.05) is 24.3 Å². The van der Waals surface area contributed by atoms with Crippen molar-refractivity contribution in [1.29, 1.82) is 0 Å². The van der Waals surface area contributed by atoms with Gasteiger partial charge in [-0.15, -0.1) is 24.8 Å². The Hall–Kier alpha value is -0.870. The number of nitrogens with zero attached hydrogens (tertiary/aromatic N) is 1. The van der Waals surface area contributed by atoms with Crippen molar-refractivity contribution in [2.45, 2.75) is 12.5 Å². The molecule has 0 radical (unpaired) electrons. The van der Waals surface area contributed by atoms with Crippen molar-refractivity contribution in [1.82, 2.24) is 10.3 Å². The average Bonchev–Trinajstić information content (AvgIpc) is 2.40. The summed E-state index contributed by atoms with van der Waals surface area (Å²) >= 11 is 0. The van der Waals surface area contributed by atoms with Crippen molar-refractivity contribution in [3.05, 3.63) is 42.1 Å². The summed E-state index contributed by atoms with van der Waals surface area (Å²) in [7, 11) is 0. The molecular formula is C14H18Cl2N2O. The molecule has 5 heteroatoms. The van der Waals surface area contributed by atoms with E-state index in [0.29, 0.717) is 6.04 Å². The van der Waals surface area contributed by atoms with Crippen LogP contribution in [0.5, 0.6) is 0 Å². The fourth-order valence-electron chi connectivity index (χ4n) is 2.35. The van der Waals surface area contributed by atoms with E-state index in [1.165, 1.54) is 10.9 Å². The lowest BCUT2D eigenvalue weighted by molar-refractivity contribution is 0.0771. The van der Waals surface area contributed by atoms with Crippen molar-refractivity contribution in [3.63, 3.8) is 0 Å². The lowest BCUT2D eigenvalue weighted by atomic mass is 10.0. The molecule has 1 saturated heterocycles. The van der Waals surface area contributed by atoms with E-state index in [-0.39, 0.29) is 24.8 Å². The molecule has 3 rings (SSSR count). The monoisotopic (exact) mass is 300 g/mol. The van der Waals surface area contributed by atoms with Crippen LogP contribution in [0.3, 0.4) is 0 Å². The smallest absolute Gasteiger partial charge is 0.0734 e. The van der Waals surface area contributed by atoms with Gasteiger partial charge in [-0.05, 0) is 18.1 Å². The summed E-state index contributed by atoms with van der Waals surface area (Å²) in [5.41, 5.74) is 2.41. The topological polar surface area (TPSA) is 34.1 Å². The summed E-state index contributed by atoms with van der Waals surface area (Å²) in [6.07, 6.45) is 2.84. The molecule has 3 nitrogen and oxygen atoms in total. The second-order valence-electron chi connectivity index (χ2n) is 4.42. The van der Waals surface area contributed by atoms with Gasteiger partial charge in [0.2, 0.25) is 0 Å². The molecule has 2 heterocycles. The van der Waals surface area contributed by atoms with Gasteiger partial charge < -0.3 is 10.1 Å². The predicted molar refractivity (Wildman–Crippen MR) is 82.6 cm³/mol. The van der Waals surface area contributed by atoms with Gasteiger partial charge in [-0.3, -0.25) is 4.98 Å². The molecule has 0 aliphatic carbocycles. The Balaban J connectivity index is 0.000000902. The zero-order valence-corrected chi connectivity index (χ0v) is 12.2. The molecular weight excluding hydrogens is 283 g/mol. The van der Waals surface area contributed by atoms with E-state index < -0.39 is 0 Å². The number of ether oxygens (including phenoxy) is 1. The molecule has 1 aliphatic rings. The van der Waals surface area contributed by atoms with E-state index >= 15 is 0 Å². The van der Waals surface area contributed by atoms with Crippen molar-refractivity contribution in [3.8, 4) is 0 Å². The van der Waals surface area contributed by atoms with Crippen LogP contribution >= 0.6 is 24.8 Å². The van der Waals surface area contributed by atoms with Crippen LogP contribution in [0.15, 0.2) is 36.5 Å². The quantitative estimate of drug-likeness (QED) is 0.926. The number of pyridine rings is 1. The van der Waals surface area contributed by atoms with Crippen LogP contribution in [0.1, 0.15) is 5.56 Å². The molecule has 0 bridgehead atoms. The van der Waals surface area contributed by atoms with Gasteiger partial charge in [0.05, 0.1) is 18.7 Å². The first-order valence-corrected chi connectivity index (χ1v) is 6.07. The van der Waals surface area contributed by atoms with Gasteiger partial charge in [-0.25, -0.2) is 0 Å². The Labute approximate surface area is 125 Å². The maximum atomic E-state index is 5.48. The second-order valence-corrected chi connectivity index (χ2v) is 4.42. The van der Waals surface area contributed by atoms with E-state index in [1.807, 2.05) is 12.3 Å². The number of hydrogen-bond acceptors (Lipinski definition) is 3. The van der Waals surface area contributed by atoms with Gasteiger partial charge in [0.25, 0.3) is 0 Å². The molecule has 0 saturated carbocycles. The van der Waals surface area contributed by atoms with Crippen LogP contribution in [-0.4, -0.2) is 30.8 Å².